The van der Waals surface area contributed by atoms with Crippen molar-refractivity contribution in [3.8, 4) is 22.4 Å². The largest absolute Gasteiger partial charge is 0.390 e. The lowest BCUT2D eigenvalue weighted by Gasteiger charge is -2.13. The Morgan fingerprint density at radius 2 is 1.78 bits per heavy atom. The molecule has 0 saturated carbocycles. The van der Waals surface area contributed by atoms with E-state index in [1.54, 1.807) is 50.5 Å². The highest BCUT2D eigenvalue weighted by Crippen LogP contribution is 2.34. The van der Waals surface area contributed by atoms with Crippen LogP contribution < -0.4 is 17.0 Å². The number of aryl methyl sites for hydroxylation is 3. The molecule has 0 amide bonds. The van der Waals surface area contributed by atoms with Crippen LogP contribution in [0.1, 0.15) is 12.0 Å². The molecule has 0 fully saturated rings. The number of alkyl halides is 3. The van der Waals surface area contributed by atoms with Gasteiger partial charge < -0.3 is 10.3 Å². The molecule has 3 heterocycles. The zero-order valence-corrected chi connectivity index (χ0v) is 17.2. The number of anilines is 1. The van der Waals surface area contributed by atoms with Gasteiger partial charge in [-0.1, -0.05) is 30.3 Å². The number of pyridine rings is 1. The maximum absolute atomic E-state index is 12.8. The summed E-state index contributed by atoms with van der Waals surface area (Å²) in [6.07, 6.45) is -4.11. The summed E-state index contributed by atoms with van der Waals surface area (Å²) in [6.45, 7) is 0.986. The van der Waals surface area contributed by atoms with Crippen molar-refractivity contribution >= 4 is 11.6 Å². The predicted molar refractivity (Wildman–Crippen MR) is 113 cm³/mol. The molecule has 1 aromatic carbocycles. The number of nitrogens with two attached hydrogens (primary N) is 1. The first-order chi connectivity index (χ1) is 15.1. The highest BCUT2D eigenvalue weighted by atomic mass is 19.4. The molecular formula is C21H19F3N6O2. The van der Waals surface area contributed by atoms with E-state index in [0.29, 0.717) is 27.9 Å². The maximum atomic E-state index is 12.8. The maximum Gasteiger partial charge on any atom is 0.390 e. The van der Waals surface area contributed by atoms with Gasteiger partial charge in [-0.05, 0) is 13.0 Å². The molecule has 0 radical (unpaired) electrons. The van der Waals surface area contributed by atoms with Crippen LogP contribution in [0.5, 0.6) is 0 Å². The summed E-state index contributed by atoms with van der Waals surface area (Å²) in [5.74, 6) is -0.201. The third-order valence-corrected chi connectivity index (χ3v) is 5.06. The monoisotopic (exact) mass is 444 g/mol. The standard InChI is InChI=1S/C21H19F3N6O2/c1-12-10-14(11-28(2)18(12)31)15-16(13-6-4-3-5-7-13)26-19(25)30-17(15)27-29(20(30)32)9-8-21(22,23)24/h3-7,10-11H,8-9H2,1-2H3,(H2,25,26). The van der Waals surface area contributed by atoms with Gasteiger partial charge >= 0.3 is 11.9 Å². The fraction of sp³-hybridized carbons (Fsp3) is 0.238. The van der Waals surface area contributed by atoms with E-state index in [9.17, 15) is 22.8 Å². The third-order valence-electron chi connectivity index (χ3n) is 5.06. The molecule has 0 bridgehead atoms. The minimum Gasteiger partial charge on any atom is -0.369 e. The second-order valence-electron chi connectivity index (χ2n) is 7.42. The summed E-state index contributed by atoms with van der Waals surface area (Å²) in [5, 5.41) is 4.18. The van der Waals surface area contributed by atoms with Crippen molar-refractivity contribution in [3.63, 3.8) is 0 Å². The predicted octanol–water partition coefficient (Wildman–Crippen LogP) is 2.77. The molecule has 3 aromatic heterocycles. The first-order valence-electron chi connectivity index (χ1n) is 9.65. The quantitative estimate of drug-likeness (QED) is 0.522. The molecule has 4 aromatic rings. The lowest BCUT2D eigenvalue weighted by molar-refractivity contribution is -0.137. The molecule has 0 spiro atoms. The summed E-state index contributed by atoms with van der Waals surface area (Å²) < 4.78 is 41.3. The first kappa shape index (κ1) is 21.3. The second-order valence-corrected chi connectivity index (χ2v) is 7.42. The molecule has 11 heteroatoms. The Bertz CT molecular complexity index is 1410. The molecule has 0 aliphatic carbocycles. The van der Waals surface area contributed by atoms with Gasteiger partial charge in [-0.2, -0.15) is 13.2 Å². The normalized spacial score (nSPS) is 11.9. The van der Waals surface area contributed by atoms with Crippen molar-refractivity contribution < 1.29 is 13.2 Å². The van der Waals surface area contributed by atoms with Crippen LogP contribution in [0, 0.1) is 6.92 Å². The fourth-order valence-corrected chi connectivity index (χ4v) is 3.57. The van der Waals surface area contributed by atoms with Crippen molar-refractivity contribution in [2.45, 2.75) is 26.1 Å². The topological polar surface area (TPSA) is 100 Å². The van der Waals surface area contributed by atoms with Gasteiger partial charge in [0.2, 0.25) is 5.95 Å². The number of fused-ring (bicyclic) bond motifs is 1. The van der Waals surface area contributed by atoms with Crippen LogP contribution >= 0.6 is 0 Å². The number of rotatable bonds is 4. The van der Waals surface area contributed by atoms with Crippen molar-refractivity contribution in [1.82, 2.24) is 23.7 Å². The van der Waals surface area contributed by atoms with Gasteiger partial charge in [0.05, 0.1) is 24.2 Å². The molecular weight excluding hydrogens is 425 g/mol. The summed E-state index contributed by atoms with van der Waals surface area (Å²) in [7, 11) is 1.58. The molecule has 2 N–H and O–H groups in total. The molecule has 32 heavy (non-hydrogen) atoms. The molecule has 166 valence electrons. The minimum absolute atomic E-state index is 0.0570. The molecule has 0 aliphatic heterocycles. The van der Waals surface area contributed by atoms with Crippen molar-refractivity contribution in [1.29, 1.82) is 0 Å². The Hall–Kier alpha value is -3.89. The Morgan fingerprint density at radius 3 is 2.41 bits per heavy atom. The number of benzene rings is 1. The van der Waals surface area contributed by atoms with Gasteiger partial charge in [-0.25, -0.2) is 18.9 Å². The number of hydrogen-bond acceptors (Lipinski definition) is 5. The number of hydrogen-bond donors (Lipinski definition) is 1. The second kappa shape index (κ2) is 7.66. The van der Waals surface area contributed by atoms with Gasteiger partial charge in [0.1, 0.15) is 0 Å². The lowest BCUT2D eigenvalue weighted by atomic mass is 10.0. The zero-order chi connectivity index (χ0) is 23.2. The fourth-order valence-electron chi connectivity index (χ4n) is 3.57. The van der Waals surface area contributed by atoms with Crippen LogP contribution in [-0.2, 0) is 13.6 Å². The number of nitrogen functional groups attached to an aromatic ring is 1. The van der Waals surface area contributed by atoms with Gasteiger partial charge in [0.25, 0.3) is 5.56 Å². The van der Waals surface area contributed by atoms with E-state index in [1.165, 1.54) is 4.57 Å². The lowest BCUT2D eigenvalue weighted by Crippen LogP contribution is -2.25. The van der Waals surface area contributed by atoms with Crippen LogP contribution in [0.4, 0.5) is 19.1 Å². The van der Waals surface area contributed by atoms with Crippen LogP contribution in [0.2, 0.25) is 0 Å². The summed E-state index contributed by atoms with van der Waals surface area (Å²) in [5.41, 5.74) is 7.47. The third kappa shape index (κ3) is 3.77. The Morgan fingerprint density at radius 1 is 1.09 bits per heavy atom. The van der Waals surface area contributed by atoms with Gasteiger partial charge in [0.15, 0.2) is 5.65 Å². The smallest absolute Gasteiger partial charge is 0.369 e. The Kier molecular flexibility index (Phi) is 5.11. The Balaban J connectivity index is 2.07. The Labute approximate surface area is 179 Å². The molecule has 0 aliphatic rings. The summed E-state index contributed by atoms with van der Waals surface area (Å²) >= 11 is 0. The number of aromatic nitrogens is 5. The van der Waals surface area contributed by atoms with E-state index >= 15 is 0 Å². The van der Waals surface area contributed by atoms with Gasteiger partial charge in [-0.3, -0.25) is 4.79 Å². The summed E-state index contributed by atoms with van der Waals surface area (Å²) in [6, 6.07) is 10.6. The van der Waals surface area contributed by atoms with E-state index in [4.69, 9.17) is 5.73 Å². The van der Waals surface area contributed by atoms with E-state index in [2.05, 4.69) is 10.1 Å². The van der Waals surface area contributed by atoms with Crippen molar-refractivity contribution in [3.05, 3.63) is 69.0 Å². The summed E-state index contributed by atoms with van der Waals surface area (Å²) in [4.78, 5) is 29.4. The molecule has 4 rings (SSSR count). The average Bonchev–Trinajstić information content (AvgIpc) is 3.07. The van der Waals surface area contributed by atoms with Crippen molar-refractivity contribution in [2.75, 3.05) is 5.73 Å². The minimum atomic E-state index is -4.45. The SMILES string of the molecule is Cc1cc(-c2c(-c3ccccc3)nc(N)n3c(=O)n(CCC(F)(F)F)nc23)cn(C)c1=O. The number of nitrogens with zero attached hydrogens (tertiary/aromatic N) is 5. The highest BCUT2D eigenvalue weighted by molar-refractivity contribution is 5.90. The zero-order valence-electron chi connectivity index (χ0n) is 17.2. The first-order valence-corrected chi connectivity index (χ1v) is 9.65. The van der Waals surface area contributed by atoms with Crippen LogP contribution in [0.15, 0.2) is 52.2 Å². The van der Waals surface area contributed by atoms with E-state index < -0.39 is 24.8 Å². The van der Waals surface area contributed by atoms with E-state index in [1.807, 2.05) is 6.07 Å². The molecule has 0 unspecified atom stereocenters. The van der Waals surface area contributed by atoms with Crippen LogP contribution in [-0.4, -0.2) is 29.9 Å². The van der Waals surface area contributed by atoms with Crippen molar-refractivity contribution in [2.24, 2.45) is 7.05 Å². The molecule has 0 saturated heterocycles. The van der Waals surface area contributed by atoms with E-state index in [0.717, 1.165) is 9.08 Å². The average molecular weight is 444 g/mol. The van der Waals surface area contributed by atoms with Crippen LogP contribution in [0.3, 0.4) is 0 Å². The van der Waals surface area contributed by atoms with Crippen LogP contribution in [0.25, 0.3) is 28.0 Å². The number of halogens is 3. The molecule has 8 nitrogen and oxygen atoms in total. The van der Waals surface area contributed by atoms with Gasteiger partial charge in [0, 0.05) is 29.9 Å². The van der Waals surface area contributed by atoms with E-state index in [-0.39, 0.29) is 17.2 Å². The highest BCUT2D eigenvalue weighted by Gasteiger charge is 2.28. The molecule has 0 atom stereocenters. The van der Waals surface area contributed by atoms with Gasteiger partial charge in [-0.15, -0.1) is 5.10 Å².